The number of aromatic nitrogens is 2. The van der Waals surface area contributed by atoms with Crippen LogP contribution in [0.25, 0.3) is 10.2 Å². The molecular weight excluding hydrogens is 260 g/mol. The van der Waals surface area contributed by atoms with E-state index in [0.717, 1.165) is 15.9 Å². The first-order valence-corrected chi connectivity index (χ1v) is 6.22. The summed E-state index contributed by atoms with van der Waals surface area (Å²) in [5, 5.41) is 9.22. The Kier molecular flexibility index (Phi) is 3.12. The van der Waals surface area contributed by atoms with E-state index in [1.165, 1.54) is 11.3 Å². The predicted octanol–water partition coefficient (Wildman–Crippen LogP) is 1.77. The van der Waals surface area contributed by atoms with E-state index in [-0.39, 0.29) is 10.3 Å². The van der Waals surface area contributed by atoms with Crippen molar-refractivity contribution in [2.45, 2.75) is 19.9 Å². The minimum atomic E-state index is -1.09. The highest BCUT2D eigenvalue weighted by Gasteiger charge is 2.11. The Labute approximate surface area is 105 Å². The third-order valence-corrected chi connectivity index (χ3v) is 3.88. The van der Waals surface area contributed by atoms with Gasteiger partial charge in [-0.25, -0.2) is 0 Å². The number of H-pyrrole nitrogens is 1. The van der Waals surface area contributed by atoms with E-state index in [4.69, 9.17) is 17.3 Å². The molecule has 0 radical (unpaired) electrons. The maximum absolute atomic E-state index is 12.0. The molecule has 0 saturated heterocycles. The minimum absolute atomic E-state index is 0.148. The molecule has 0 saturated carbocycles. The van der Waals surface area contributed by atoms with Crippen LogP contribution in [0.1, 0.15) is 11.8 Å². The smallest absolute Gasteiger partial charge is 0.323 e. The molecule has 0 aliphatic heterocycles. The normalized spacial score (nSPS) is 10.9. The molecule has 2 N–H and O–H groups in total. The van der Waals surface area contributed by atoms with Gasteiger partial charge in [0.1, 0.15) is 11.4 Å². The van der Waals surface area contributed by atoms with Crippen molar-refractivity contribution in [2.75, 3.05) is 0 Å². The third kappa shape index (κ3) is 2.16. The summed E-state index contributed by atoms with van der Waals surface area (Å²) in [7, 11) is 0. The monoisotopic (exact) mass is 270 g/mol. The Bertz CT molecular complexity index is 696. The molecule has 2 aromatic rings. The summed E-state index contributed by atoms with van der Waals surface area (Å²) in [6.45, 7) is 1.58. The number of thiophene rings is 1. The van der Waals surface area contributed by atoms with E-state index in [0.29, 0.717) is 10.2 Å². The second-order valence-electron chi connectivity index (χ2n) is 3.52. The van der Waals surface area contributed by atoms with Crippen LogP contribution in [0.4, 0.5) is 0 Å². The Hall–Kier alpha value is -1.47. The van der Waals surface area contributed by atoms with Crippen LogP contribution in [-0.4, -0.2) is 20.6 Å². The molecule has 0 aromatic carbocycles. The van der Waals surface area contributed by atoms with Crippen LogP contribution >= 0.6 is 23.6 Å². The van der Waals surface area contributed by atoms with Crippen LogP contribution in [-0.2, 0) is 17.8 Å². The van der Waals surface area contributed by atoms with Crippen molar-refractivity contribution in [3.8, 4) is 0 Å². The van der Waals surface area contributed by atoms with Gasteiger partial charge in [-0.3, -0.25) is 14.2 Å². The maximum Gasteiger partial charge on any atom is 0.323 e. The number of aliphatic carboxylic acids is 1. The van der Waals surface area contributed by atoms with Gasteiger partial charge in [0.05, 0.1) is 5.39 Å². The lowest BCUT2D eigenvalue weighted by Crippen LogP contribution is -2.25. The summed E-state index contributed by atoms with van der Waals surface area (Å²) in [5.41, 5.74) is -0.345. The number of carboxylic acids is 1. The first-order valence-electron chi connectivity index (χ1n) is 5.00. The van der Waals surface area contributed by atoms with E-state index in [9.17, 15) is 9.59 Å². The number of carboxylic acid groups (broad SMARTS) is 1. The molecule has 90 valence electrons. The number of nitrogens with zero attached hydrogens (tertiary/aromatic N) is 1. The van der Waals surface area contributed by atoms with Gasteiger partial charge in [0.15, 0.2) is 4.77 Å². The number of aromatic amines is 1. The molecular formula is C10H10N2O3S2. The molecule has 0 bridgehead atoms. The van der Waals surface area contributed by atoms with Gasteiger partial charge in [-0.1, -0.05) is 6.92 Å². The average Bonchev–Trinajstić information content (AvgIpc) is 2.67. The number of hydrogen-bond acceptors (Lipinski definition) is 4. The summed E-state index contributed by atoms with van der Waals surface area (Å²) >= 11 is 6.45. The first-order chi connectivity index (χ1) is 8.02. The number of nitrogens with one attached hydrogen (secondary N) is 1. The third-order valence-electron chi connectivity index (χ3n) is 2.37. The van der Waals surface area contributed by atoms with E-state index in [1.54, 1.807) is 6.07 Å². The van der Waals surface area contributed by atoms with Crippen molar-refractivity contribution < 1.29 is 9.90 Å². The molecule has 0 atom stereocenters. The standard InChI is InChI=1S/C10H10N2O3S2/c1-2-5-3-6-8(17-5)11-10(16)12(9(6)15)4-7(13)14/h3H,2,4H2,1H3,(H,11,16)(H,13,14). The zero-order valence-corrected chi connectivity index (χ0v) is 10.7. The molecule has 0 fully saturated rings. The quantitative estimate of drug-likeness (QED) is 0.833. The first kappa shape index (κ1) is 12.0. The van der Waals surface area contributed by atoms with Crippen LogP contribution < -0.4 is 5.56 Å². The minimum Gasteiger partial charge on any atom is -0.480 e. The SMILES string of the molecule is CCc1cc2c(=O)n(CC(=O)O)c(=S)[nH]c2s1. The molecule has 0 aliphatic rings. The molecule has 2 rings (SSSR count). The molecule has 0 unspecified atom stereocenters. The van der Waals surface area contributed by atoms with Crippen LogP contribution in [0, 0.1) is 4.77 Å². The van der Waals surface area contributed by atoms with Crippen molar-refractivity contribution >= 4 is 39.7 Å². The van der Waals surface area contributed by atoms with Gasteiger partial charge in [-0.15, -0.1) is 11.3 Å². The van der Waals surface area contributed by atoms with Crippen molar-refractivity contribution in [3.05, 3.63) is 26.1 Å². The lowest BCUT2D eigenvalue weighted by molar-refractivity contribution is -0.137. The fourth-order valence-corrected chi connectivity index (χ4v) is 2.85. The summed E-state index contributed by atoms with van der Waals surface area (Å²) in [5.74, 6) is -1.09. The fraction of sp³-hybridized carbons (Fsp3) is 0.300. The topological polar surface area (TPSA) is 75.1 Å². The Morgan fingerprint density at radius 1 is 1.65 bits per heavy atom. The zero-order valence-electron chi connectivity index (χ0n) is 9.02. The fourth-order valence-electron chi connectivity index (χ4n) is 1.55. The number of hydrogen-bond donors (Lipinski definition) is 2. The van der Waals surface area contributed by atoms with Crippen molar-refractivity contribution in [1.29, 1.82) is 0 Å². The van der Waals surface area contributed by atoms with E-state index in [1.807, 2.05) is 6.92 Å². The Morgan fingerprint density at radius 3 is 2.94 bits per heavy atom. The highest BCUT2D eigenvalue weighted by Crippen LogP contribution is 2.21. The lowest BCUT2D eigenvalue weighted by Gasteiger charge is -2.01. The van der Waals surface area contributed by atoms with E-state index < -0.39 is 12.5 Å². The predicted molar refractivity (Wildman–Crippen MR) is 68.3 cm³/mol. The van der Waals surface area contributed by atoms with Gasteiger partial charge in [-0.2, -0.15) is 0 Å². The van der Waals surface area contributed by atoms with Crippen LogP contribution in [0.3, 0.4) is 0 Å². The maximum atomic E-state index is 12.0. The van der Waals surface area contributed by atoms with Crippen LogP contribution in [0.15, 0.2) is 10.9 Å². The molecule has 17 heavy (non-hydrogen) atoms. The number of aryl methyl sites for hydroxylation is 1. The Morgan fingerprint density at radius 2 is 2.35 bits per heavy atom. The van der Waals surface area contributed by atoms with Gasteiger partial charge < -0.3 is 10.1 Å². The zero-order chi connectivity index (χ0) is 12.6. The van der Waals surface area contributed by atoms with Gasteiger partial charge in [-0.05, 0) is 24.7 Å². The Balaban J connectivity index is 2.74. The number of fused-ring (bicyclic) bond motifs is 1. The van der Waals surface area contributed by atoms with Gasteiger partial charge in [0.25, 0.3) is 5.56 Å². The second kappa shape index (κ2) is 4.42. The molecule has 0 aliphatic carbocycles. The van der Waals surface area contributed by atoms with Crippen LogP contribution in [0.5, 0.6) is 0 Å². The van der Waals surface area contributed by atoms with Gasteiger partial charge >= 0.3 is 5.97 Å². The average molecular weight is 270 g/mol. The van der Waals surface area contributed by atoms with Gasteiger partial charge in [0, 0.05) is 4.88 Å². The number of carbonyl (C=O) groups is 1. The summed E-state index contributed by atoms with van der Waals surface area (Å²) in [6, 6.07) is 1.78. The summed E-state index contributed by atoms with van der Waals surface area (Å²) in [6.07, 6.45) is 0.832. The van der Waals surface area contributed by atoms with Crippen LogP contribution in [0.2, 0.25) is 0 Å². The van der Waals surface area contributed by atoms with Crippen molar-refractivity contribution in [3.63, 3.8) is 0 Å². The molecule has 5 nitrogen and oxygen atoms in total. The lowest BCUT2D eigenvalue weighted by atomic mass is 10.3. The number of rotatable bonds is 3. The van der Waals surface area contributed by atoms with Crippen molar-refractivity contribution in [2.24, 2.45) is 0 Å². The highest BCUT2D eigenvalue weighted by atomic mass is 32.1. The molecule has 0 spiro atoms. The molecule has 2 aromatic heterocycles. The van der Waals surface area contributed by atoms with Gasteiger partial charge in [0.2, 0.25) is 0 Å². The van der Waals surface area contributed by atoms with Crippen molar-refractivity contribution in [1.82, 2.24) is 9.55 Å². The molecule has 7 heteroatoms. The van der Waals surface area contributed by atoms with E-state index in [2.05, 4.69) is 4.98 Å². The second-order valence-corrected chi connectivity index (χ2v) is 5.05. The largest absolute Gasteiger partial charge is 0.480 e. The highest BCUT2D eigenvalue weighted by molar-refractivity contribution is 7.71. The molecule has 0 amide bonds. The summed E-state index contributed by atoms with van der Waals surface area (Å²) < 4.78 is 1.21. The summed E-state index contributed by atoms with van der Waals surface area (Å²) in [4.78, 5) is 27.4. The molecule has 2 heterocycles. The van der Waals surface area contributed by atoms with E-state index >= 15 is 0 Å².